The van der Waals surface area contributed by atoms with E-state index in [0.29, 0.717) is 11.4 Å². The van der Waals surface area contributed by atoms with Crippen LogP contribution in [-0.4, -0.2) is 32.6 Å². The van der Waals surface area contributed by atoms with Crippen molar-refractivity contribution >= 4 is 17.3 Å². The van der Waals surface area contributed by atoms with Crippen LogP contribution in [0, 0.1) is 0 Å². The van der Waals surface area contributed by atoms with Crippen LogP contribution in [-0.2, 0) is 14.3 Å². The van der Waals surface area contributed by atoms with Crippen molar-refractivity contribution in [3.8, 4) is 0 Å². The van der Waals surface area contributed by atoms with Gasteiger partial charge >= 0.3 is 0 Å². The van der Waals surface area contributed by atoms with E-state index in [2.05, 4.69) is 14.8 Å². The molecule has 0 heterocycles. The number of nitrogens with two attached hydrogens (primary N) is 1. The second-order valence-electron chi connectivity index (χ2n) is 3.32. The first kappa shape index (κ1) is 13.4. The lowest BCUT2D eigenvalue weighted by atomic mass is 10.2. The lowest BCUT2D eigenvalue weighted by Gasteiger charge is -2.17. The molecule has 1 atom stereocenters. The van der Waals surface area contributed by atoms with Crippen LogP contribution in [0.4, 0.5) is 15.8 Å². The molecule has 0 spiro atoms. The van der Waals surface area contributed by atoms with E-state index in [0.717, 1.165) is 0 Å². The molecule has 1 aromatic carbocycles. The SMILES string of the molecule is COC(OC)C(F)C(=O)Nc1ccccc1N. The van der Waals surface area contributed by atoms with Crippen LogP contribution in [0.2, 0.25) is 0 Å². The van der Waals surface area contributed by atoms with Crippen molar-refractivity contribution in [2.75, 3.05) is 25.3 Å². The Morgan fingerprint density at radius 3 is 2.47 bits per heavy atom. The number of carbonyl (C=O) groups excluding carboxylic acids is 1. The van der Waals surface area contributed by atoms with E-state index in [4.69, 9.17) is 5.73 Å². The summed E-state index contributed by atoms with van der Waals surface area (Å²) in [5.74, 6) is -0.864. The molecule has 0 aliphatic carbocycles. The van der Waals surface area contributed by atoms with Gasteiger partial charge in [0.2, 0.25) is 6.17 Å². The normalized spacial score (nSPS) is 12.5. The molecule has 6 heteroatoms. The number of para-hydroxylation sites is 2. The number of ether oxygens (including phenoxy) is 2. The Morgan fingerprint density at radius 1 is 1.35 bits per heavy atom. The van der Waals surface area contributed by atoms with E-state index >= 15 is 0 Å². The van der Waals surface area contributed by atoms with Crippen LogP contribution in [0.1, 0.15) is 0 Å². The average molecular weight is 242 g/mol. The lowest BCUT2D eigenvalue weighted by molar-refractivity contribution is -0.158. The Morgan fingerprint density at radius 2 is 1.94 bits per heavy atom. The van der Waals surface area contributed by atoms with Crippen molar-refractivity contribution in [3.05, 3.63) is 24.3 Å². The van der Waals surface area contributed by atoms with Gasteiger partial charge in [-0.25, -0.2) is 4.39 Å². The van der Waals surface area contributed by atoms with Crippen molar-refractivity contribution in [2.45, 2.75) is 12.5 Å². The van der Waals surface area contributed by atoms with Gasteiger partial charge < -0.3 is 20.5 Å². The van der Waals surface area contributed by atoms with E-state index in [1.807, 2.05) is 0 Å². The number of alkyl halides is 1. The predicted octanol–water partition coefficient (Wildman–Crippen LogP) is 1.16. The third-order valence-corrected chi connectivity index (χ3v) is 2.17. The number of carbonyl (C=O) groups is 1. The van der Waals surface area contributed by atoms with Gasteiger partial charge in [0, 0.05) is 14.2 Å². The Labute approximate surface area is 98.7 Å². The third kappa shape index (κ3) is 3.40. The van der Waals surface area contributed by atoms with Crippen molar-refractivity contribution in [2.24, 2.45) is 0 Å². The van der Waals surface area contributed by atoms with Gasteiger partial charge in [0.1, 0.15) is 0 Å². The van der Waals surface area contributed by atoms with Crippen LogP contribution in [0.5, 0.6) is 0 Å². The van der Waals surface area contributed by atoms with Crippen molar-refractivity contribution in [3.63, 3.8) is 0 Å². The average Bonchev–Trinajstić information content (AvgIpc) is 2.33. The quantitative estimate of drug-likeness (QED) is 0.600. The van der Waals surface area contributed by atoms with E-state index in [1.54, 1.807) is 24.3 Å². The zero-order valence-corrected chi connectivity index (χ0v) is 9.64. The number of methoxy groups -OCH3 is 2. The first-order valence-electron chi connectivity index (χ1n) is 4.95. The van der Waals surface area contributed by atoms with Gasteiger partial charge in [0.05, 0.1) is 11.4 Å². The van der Waals surface area contributed by atoms with Crippen LogP contribution in [0.3, 0.4) is 0 Å². The number of nitrogen functional groups attached to an aromatic ring is 1. The molecule has 17 heavy (non-hydrogen) atoms. The Bertz CT molecular complexity index is 383. The fourth-order valence-electron chi connectivity index (χ4n) is 1.27. The van der Waals surface area contributed by atoms with Crippen molar-refractivity contribution < 1.29 is 18.7 Å². The minimum Gasteiger partial charge on any atom is -0.397 e. The molecular weight excluding hydrogens is 227 g/mol. The first-order valence-corrected chi connectivity index (χ1v) is 4.95. The summed E-state index contributed by atoms with van der Waals surface area (Å²) in [4.78, 5) is 11.5. The summed E-state index contributed by atoms with van der Waals surface area (Å²) in [7, 11) is 2.51. The fraction of sp³-hybridized carbons (Fsp3) is 0.364. The third-order valence-electron chi connectivity index (χ3n) is 2.17. The molecule has 1 amide bonds. The van der Waals surface area contributed by atoms with E-state index < -0.39 is 18.4 Å². The molecule has 0 bridgehead atoms. The van der Waals surface area contributed by atoms with E-state index in [9.17, 15) is 9.18 Å². The Kier molecular flexibility index (Phi) is 4.86. The highest BCUT2D eigenvalue weighted by molar-refractivity contribution is 5.96. The van der Waals surface area contributed by atoms with Crippen LogP contribution in [0.15, 0.2) is 24.3 Å². The van der Waals surface area contributed by atoms with E-state index in [-0.39, 0.29) is 0 Å². The number of hydrogen-bond donors (Lipinski definition) is 2. The van der Waals surface area contributed by atoms with Gasteiger partial charge in [0.15, 0.2) is 6.29 Å². The largest absolute Gasteiger partial charge is 0.397 e. The van der Waals surface area contributed by atoms with E-state index in [1.165, 1.54) is 14.2 Å². The summed E-state index contributed by atoms with van der Waals surface area (Å²) in [5.41, 5.74) is 6.32. The van der Waals surface area contributed by atoms with Crippen LogP contribution < -0.4 is 11.1 Å². The maximum atomic E-state index is 13.6. The minimum atomic E-state index is -1.93. The maximum Gasteiger partial charge on any atom is 0.264 e. The molecule has 0 aliphatic heterocycles. The van der Waals surface area contributed by atoms with Gasteiger partial charge in [-0.15, -0.1) is 0 Å². The monoisotopic (exact) mass is 242 g/mol. The van der Waals surface area contributed by atoms with Crippen LogP contribution >= 0.6 is 0 Å². The number of halogens is 1. The number of benzene rings is 1. The topological polar surface area (TPSA) is 73.6 Å². The summed E-state index contributed by atoms with van der Waals surface area (Å²) in [6.45, 7) is 0. The molecule has 0 saturated carbocycles. The molecule has 0 aliphatic rings. The summed E-state index contributed by atoms with van der Waals surface area (Å²) in [5, 5.41) is 2.36. The predicted molar refractivity (Wildman–Crippen MR) is 62.2 cm³/mol. The number of amides is 1. The molecule has 94 valence electrons. The van der Waals surface area contributed by atoms with Gasteiger partial charge in [0.25, 0.3) is 5.91 Å². The highest BCUT2D eigenvalue weighted by Gasteiger charge is 2.28. The molecule has 0 saturated heterocycles. The lowest BCUT2D eigenvalue weighted by Crippen LogP contribution is -2.37. The molecule has 0 radical (unpaired) electrons. The number of nitrogens with one attached hydrogen (secondary N) is 1. The summed E-state index contributed by atoms with van der Waals surface area (Å²) in [6, 6.07) is 6.58. The standard InChI is InChI=1S/C11H15FN2O3/c1-16-11(17-2)9(12)10(15)14-8-6-4-3-5-7(8)13/h3-6,9,11H,13H2,1-2H3,(H,14,15). The van der Waals surface area contributed by atoms with Gasteiger partial charge in [-0.3, -0.25) is 4.79 Å². The molecule has 1 rings (SSSR count). The minimum absolute atomic E-state index is 0.353. The molecule has 5 nitrogen and oxygen atoms in total. The summed E-state index contributed by atoms with van der Waals surface area (Å²) in [6.07, 6.45) is -3.16. The second kappa shape index (κ2) is 6.17. The van der Waals surface area contributed by atoms with Gasteiger partial charge in [-0.2, -0.15) is 0 Å². The van der Waals surface area contributed by atoms with Gasteiger partial charge in [-0.1, -0.05) is 12.1 Å². The fourth-order valence-corrected chi connectivity index (χ4v) is 1.27. The zero-order valence-electron chi connectivity index (χ0n) is 9.64. The smallest absolute Gasteiger partial charge is 0.264 e. The summed E-state index contributed by atoms with van der Waals surface area (Å²) >= 11 is 0. The summed E-state index contributed by atoms with van der Waals surface area (Å²) < 4.78 is 22.9. The molecule has 0 fully saturated rings. The molecule has 0 aromatic heterocycles. The molecule has 1 aromatic rings. The van der Waals surface area contributed by atoms with Crippen molar-refractivity contribution in [1.29, 1.82) is 0 Å². The van der Waals surface area contributed by atoms with Crippen molar-refractivity contribution in [1.82, 2.24) is 0 Å². The number of anilines is 2. The first-order chi connectivity index (χ1) is 8.10. The maximum absolute atomic E-state index is 13.6. The zero-order chi connectivity index (χ0) is 12.8. The van der Waals surface area contributed by atoms with Crippen LogP contribution in [0.25, 0.3) is 0 Å². The Balaban J connectivity index is 2.69. The highest BCUT2D eigenvalue weighted by Crippen LogP contribution is 2.18. The molecular formula is C11H15FN2O3. The molecule has 3 N–H and O–H groups in total. The second-order valence-corrected chi connectivity index (χ2v) is 3.32. The Hall–Kier alpha value is -1.66. The highest BCUT2D eigenvalue weighted by atomic mass is 19.1. The number of rotatable bonds is 5. The number of hydrogen-bond acceptors (Lipinski definition) is 4. The molecule has 1 unspecified atom stereocenters. The van der Waals surface area contributed by atoms with Gasteiger partial charge in [-0.05, 0) is 12.1 Å².